The van der Waals surface area contributed by atoms with E-state index in [-0.39, 0.29) is 11.8 Å². The summed E-state index contributed by atoms with van der Waals surface area (Å²) in [5.74, 6) is 0.357. The van der Waals surface area contributed by atoms with Crippen molar-refractivity contribution in [2.75, 3.05) is 18.2 Å². The molecule has 6 heteroatoms. The van der Waals surface area contributed by atoms with E-state index in [1.54, 1.807) is 25.1 Å². The topological polar surface area (TPSA) is 90.4 Å². The van der Waals surface area contributed by atoms with E-state index in [1.807, 2.05) is 0 Å². The second-order valence-corrected chi connectivity index (χ2v) is 3.75. The van der Waals surface area contributed by atoms with Crippen molar-refractivity contribution in [3.8, 4) is 5.75 Å². The lowest BCUT2D eigenvalue weighted by atomic mass is 10.1. The number of hydrogen-bond donors (Lipinski definition) is 2. The maximum atomic E-state index is 12.0. The van der Waals surface area contributed by atoms with E-state index in [1.165, 1.54) is 13.2 Å². The highest BCUT2D eigenvalue weighted by molar-refractivity contribution is 6.06. The van der Waals surface area contributed by atoms with Crippen LogP contribution < -0.4 is 15.8 Å². The summed E-state index contributed by atoms with van der Waals surface area (Å²) in [6, 6.07) is 6.46. The first-order chi connectivity index (χ1) is 8.60. The third-order valence-corrected chi connectivity index (χ3v) is 2.33. The Morgan fingerprint density at radius 2 is 2.22 bits per heavy atom. The Bertz CT molecular complexity index is 578. The molecule has 0 aliphatic heterocycles. The molecule has 1 heterocycles. The van der Waals surface area contributed by atoms with E-state index in [2.05, 4.69) is 10.5 Å². The van der Waals surface area contributed by atoms with Crippen molar-refractivity contribution in [2.45, 2.75) is 6.92 Å². The Labute approximate surface area is 104 Å². The summed E-state index contributed by atoms with van der Waals surface area (Å²) in [6.07, 6.45) is 0. The molecule has 0 aliphatic carbocycles. The Morgan fingerprint density at radius 1 is 1.44 bits per heavy atom. The normalized spacial score (nSPS) is 10.1. The standard InChI is InChI=1S/C12H13N3O3/c1-7-5-11(18-15-7)14-12(16)9-6-8(13)3-4-10(9)17-2/h3-6H,13H2,1-2H3,(H,14,16). The van der Waals surface area contributed by atoms with Gasteiger partial charge < -0.3 is 15.0 Å². The van der Waals surface area contributed by atoms with E-state index in [0.29, 0.717) is 22.7 Å². The summed E-state index contributed by atoms with van der Waals surface area (Å²) in [5.41, 5.74) is 7.15. The molecule has 0 unspecified atom stereocenters. The Balaban J connectivity index is 2.25. The van der Waals surface area contributed by atoms with Gasteiger partial charge >= 0.3 is 0 Å². The van der Waals surface area contributed by atoms with Crippen molar-refractivity contribution in [1.29, 1.82) is 0 Å². The van der Waals surface area contributed by atoms with Gasteiger partial charge in [0.25, 0.3) is 5.91 Å². The van der Waals surface area contributed by atoms with Crippen molar-refractivity contribution in [1.82, 2.24) is 5.16 Å². The fourth-order valence-corrected chi connectivity index (χ4v) is 1.50. The van der Waals surface area contributed by atoms with Crippen molar-refractivity contribution < 1.29 is 14.1 Å². The maximum Gasteiger partial charge on any atom is 0.261 e. The first-order valence-electron chi connectivity index (χ1n) is 5.28. The lowest BCUT2D eigenvalue weighted by molar-refractivity contribution is 0.102. The number of nitrogens with one attached hydrogen (secondary N) is 1. The Hall–Kier alpha value is -2.50. The van der Waals surface area contributed by atoms with Gasteiger partial charge in [0.2, 0.25) is 5.88 Å². The van der Waals surface area contributed by atoms with Crippen LogP contribution in [0.25, 0.3) is 0 Å². The van der Waals surface area contributed by atoms with Crippen molar-refractivity contribution in [3.63, 3.8) is 0 Å². The summed E-state index contributed by atoms with van der Waals surface area (Å²) >= 11 is 0. The molecule has 0 radical (unpaired) electrons. The average molecular weight is 247 g/mol. The van der Waals surface area contributed by atoms with Gasteiger partial charge in [-0.2, -0.15) is 0 Å². The summed E-state index contributed by atoms with van der Waals surface area (Å²) in [6.45, 7) is 1.76. The molecule has 0 spiro atoms. The molecule has 0 aliphatic rings. The van der Waals surface area contributed by atoms with E-state index in [9.17, 15) is 4.79 Å². The van der Waals surface area contributed by atoms with Gasteiger partial charge in [-0.1, -0.05) is 5.16 Å². The van der Waals surface area contributed by atoms with Gasteiger partial charge in [0.1, 0.15) is 5.75 Å². The van der Waals surface area contributed by atoms with Gasteiger partial charge in [0.15, 0.2) is 0 Å². The molecular formula is C12H13N3O3. The van der Waals surface area contributed by atoms with Crippen LogP contribution in [-0.4, -0.2) is 18.2 Å². The van der Waals surface area contributed by atoms with Crippen LogP contribution in [0, 0.1) is 6.92 Å². The minimum absolute atomic E-state index is 0.280. The smallest absolute Gasteiger partial charge is 0.261 e. The molecule has 94 valence electrons. The van der Waals surface area contributed by atoms with E-state index in [0.717, 1.165) is 0 Å². The van der Waals surface area contributed by atoms with E-state index < -0.39 is 0 Å². The summed E-state index contributed by atoms with van der Waals surface area (Å²) in [7, 11) is 1.49. The monoisotopic (exact) mass is 247 g/mol. The largest absolute Gasteiger partial charge is 0.496 e. The first-order valence-corrected chi connectivity index (χ1v) is 5.28. The van der Waals surface area contributed by atoms with Crippen molar-refractivity contribution in [3.05, 3.63) is 35.5 Å². The lowest BCUT2D eigenvalue weighted by Gasteiger charge is -2.08. The molecule has 0 saturated heterocycles. The van der Waals surface area contributed by atoms with Gasteiger partial charge in [-0.3, -0.25) is 10.1 Å². The zero-order valence-electron chi connectivity index (χ0n) is 10.1. The number of carbonyl (C=O) groups excluding carboxylic acids is 1. The average Bonchev–Trinajstić information content (AvgIpc) is 2.74. The zero-order chi connectivity index (χ0) is 13.1. The molecule has 2 rings (SSSR count). The molecule has 0 bridgehead atoms. The Kier molecular flexibility index (Phi) is 3.18. The minimum Gasteiger partial charge on any atom is -0.496 e. The van der Waals surface area contributed by atoms with Crippen LogP contribution in [0.5, 0.6) is 5.75 Å². The predicted octanol–water partition coefficient (Wildman–Crippen LogP) is 1.83. The number of hydrogen-bond acceptors (Lipinski definition) is 5. The molecule has 1 aromatic heterocycles. The van der Waals surface area contributed by atoms with Gasteiger partial charge in [-0.05, 0) is 25.1 Å². The van der Waals surface area contributed by atoms with Crippen LogP contribution >= 0.6 is 0 Å². The van der Waals surface area contributed by atoms with Crippen LogP contribution in [0.1, 0.15) is 16.1 Å². The summed E-state index contributed by atoms with van der Waals surface area (Å²) in [5, 5.41) is 6.26. The Morgan fingerprint density at radius 3 is 2.83 bits per heavy atom. The number of nitrogens with zero attached hydrogens (tertiary/aromatic N) is 1. The highest BCUT2D eigenvalue weighted by Gasteiger charge is 2.14. The maximum absolute atomic E-state index is 12.0. The number of aryl methyl sites for hydroxylation is 1. The number of ether oxygens (including phenoxy) is 1. The molecule has 3 N–H and O–H groups in total. The van der Waals surface area contributed by atoms with Crippen LogP contribution in [0.15, 0.2) is 28.8 Å². The van der Waals surface area contributed by atoms with Crippen LogP contribution in [0.4, 0.5) is 11.6 Å². The van der Waals surface area contributed by atoms with Crippen molar-refractivity contribution in [2.24, 2.45) is 0 Å². The number of nitrogen functional groups attached to an aromatic ring is 1. The predicted molar refractivity (Wildman–Crippen MR) is 66.6 cm³/mol. The molecule has 0 atom stereocenters. The third kappa shape index (κ3) is 2.42. The lowest BCUT2D eigenvalue weighted by Crippen LogP contribution is -2.13. The van der Waals surface area contributed by atoms with E-state index in [4.69, 9.17) is 15.0 Å². The molecular weight excluding hydrogens is 234 g/mol. The fraction of sp³-hybridized carbons (Fsp3) is 0.167. The fourth-order valence-electron chi connectivity index (χ4n) is 1.50. The molecule has 0 saturated carbocycles. The highest BCUT2D eigenvalue weighted by atomic mass is 16.5. The number of methoxy groups -OCH3 is 1. The van der Waals surface area contributed by atoms with Crippen LogP contribution in [0.2, 0.25) is 0 Å². The first kappa shape index (κ1) is 12.0. The molecule has 2 aromatic rings. The van der Waals surface area contributed by atoms with E-state index >= 15 is 0 Å². The number of nitrogens with two attached hydrogens (primary N) is 1. The van der Waals surface area contributed by atoms with Crippen LogP contribution in [-0.2, 0) is 0 Å². The van der Waals surface area contributed by atoms with Gasteiger partial charge in [0, 0.05) is 11.8 Å². The molecule has 1 amide bonds. The highest BCUT2D eigenvalue weighted by Crippen LogP contribution is 2.22. The second-order valence-electron chi connectivity index (χ2n) is 3.75. The summed E-state index contributed by atoms with van der Waals surface area (Å²) < 4.78 is 10.0. The number of benzene rings is 1. The minimum atomic E-state index is -0.365. The third-order valence-electron chi connectivity index (χ3n) is 2.33. The summed E-state index contributed by atoms with van der Waals surface area (Å²) in [4.78, 5) is 12.0. The van der Waals surface area contributed by atoms with Crippen LogP contribution in [0.3, 0.4) is 0 Å². The number of amides is 1. The quantitative estimate of drug-likeness (QED) is 0.807. The zero-order valence-corrected chi connectivity index (χ0v) is 10.1. The number of anilines is 2. The molecule has 6 nitrogen and oxygen atoms in total. The number of carbonyl (C=O) groups is 1. The van der Waals surface area contributed by atoms with Gasteiger partial charge in [0.05, 0.1) is 18.4 Å². The second kappa shape index (κ2) is 4.79. The van der Waals surface area contributed by atoms with Gasteiger partial charge in [-0.15, -0.1) is 0 Å². The molecule has 1 aromatic carbocycles. The number of rotatable bonds is 3. The van der Waals surface area contributed by atoms with Gasteiger partial charge in [-0.25, -0.2) is 0 Å². The molecule has 18 heavy (non-hydrogen) atoms. The van der Waals surface area contributed by atoms with Crippen molar-refractivity contribution >= 4 is 17.5 Å². The number of aromatic nitrogens is 1. The molecule has 0 fully saturated rings. The SMILES string of the molecule is COc1ccc(N)cc1C(=O)Nc1cc(C)no1.